The van der Waals surface area contributed by atoms with Gasteiger partial charge in [0.15, 0.2) is 21.3 Å². The summed E-state index contributed by atoms with van der Waals surface area (Å²) in [5.74, 6) is 1.24. The number of nitrogens with zero attached hydrogens (tertiary/aromatic N) is 1. The molecule has 0 saturated carbocycles. The van der Waals surface area contributed by atoms with Crippen LogP contribution in [-0.2, 0) is 14.6 Å². The lowest BCUT2D eigenvalue weighted by Crippen LogP contribution is -2.45. The molecule has 0 spiro atoms. The predicted molar refractivity (Wildman–Crippen MR) is 97.2 cm³/mol. The second kappa shape index (κ2) is 7.51. The highest BCUT2D eigenvalue weighted by Crippen LogP contribution is 2.33. The minimum atomic E-state index is -3.03. The lowest BCUT2D eigenvalue weighted by molar-refractivity contribution is -0.132. The van der Waals surface area contributed by atoms with Crippen molar-refractivity contribution in [2.24, 2.45) is 0 Å². The van der Waals surface area contributed by atoms with Gasteiger partial charge in [0, 0.05) is 24.8 Å². The van der Waals surface area contributed by atoms with Gasteiger partial charge in [-0.1, -0.05) is 0 Å². The number of carbonyl (C=O) groups is 1. The lowest BCUT2D eigenvalue weighted by atomic mass is 10.1. The van der Waals surface area contributed by atoms with Crippen LogP contribution in [0.25, 0.3) is 0 Å². The number of sulfone groups is 1. The van der Waals surface area contributed by atoms with Gasteiger partial charge in [-0.2, -0.15) is 0 Å². The van der Waals surface area contributed by atoms with Crippen molar-refractivity contribution in [3.63, 3.8) is 0 Å². The Labute approximate surface area is 149 Å². The average Bonchev–Trinajstić information content (AvgIpc) is 2.94. The van der Waals surface area contributed by atoms with Gasteiger partial charge in [-0.15, -0.1) is 0 Å². The molecule has 2 atom stereocenters. The summed E-state index contributed by atoms with van der Waals surface area (Å²) in [6, 6.07) is 2.88. The Morgan fingerprint density at radius 1 is 1.28 bits per heavy atom. The summed E-state index contributed by atoms with van der Waals surface area (Å²) in [4.78, 5) is 14.2. The molecule has 2 rings (SSSR count). The van der Waals surface area contributed by atoms with E-state index in [0.717, 1.165) is 11.3 Å². The van der Waals surface area contributed by atoms with Gasteiger partial charge >= 0.3 is 0 Å². The van der Waals surface area contributed by atoms with Gasteiger partial charge in [0.1, 0.15) is 6.04 Å². The summed E-state index contributed by atoms with van der Waals surface area (Å²) in [6.45, 7) is 3.67. The molecular formula is C17H26N2O5S. The number of benzene rings is 1. The molecular weight excluding hydrogens is 344 g/mol. The quantitative estimate of drug-likeness (QED) is 0.816. The van der Waals surface area contributed by atoms with Gasteiger partial charge in [0.05, 0.1) is 25.7 Å². The first kappa shape index (κ1) is 19.4. The molecule has 25 heavy (non-hydrogen) atoms. The lowest BCUT2D eigenvalue weighted by Gasteiger charge is -2.28. The molecule has 1 N–H and O–H groups in total. The Morgan fingerprint density at radius 3 is 2.40 bits per heavy atom. The maximum Gasteiger partial charge on any atom is 0.244 e. The predicted octanol–water partition coefficient (Wildman–Crippen LogP) is 1.46. The first-order valence-corrected chi connectivity index (χ1v) is 9.97. The summed E-state index contributed by atoms with van der Waals surface area (Å²) < 4.78 is 33.8. The van der Waals surface area contributed by atoms with Gasteiger partial charge < -0.3 is 19.7 Å². The Morgan fingerprint density at radius 2 is 1.88 bits per heavy atom. The Hall–Kier alpha value is -1.96. The minimum Gasteiger partial charge on any atom is -0.493 e. The van der Waals surface area contributed by atoms with Crippen molar-refractivity contribution in [2.75, 3.05) is 38.1 Å². The van der Waals surface area contributed by atoms with Gasteiger partial charge in [0.2, 0.25) is 5.91 Å². The van der Waals surface area contributed by atoms with E-state index >= 15 is 0 Å². The van der Waals surface area contributed by atoms with Crippen molar-refractivity contribution >= 4 is 21.4 Å². The summed E-state index contributed by atoms with van der Waals surface area (Å²) in [6.07, 6.45) is 0.493. The highest BCUT2D eigenvalue weighted by Gasteiger charge is 2.34. The molecule has 0 aromatic heterocycles. The average molecular weight is 370 g/mol. The smallest absolute Gasteiger partial charge is 0.244 e. The van der Waals surface area contributed by atoms with Crippen molar-refractivity contribution in [3.8, 4) is 11.5 Å². The number of nitrogens with one attached hydrogen (secondary N) is 1. The van der Waals surface area contributed by atoms with Crippen molar-refractivity contribution in [3.05, 3.63) is 17.7 Å². The van der Waals surface area contributed by atoms with E-state index in [4.69, 9.17) is 9.47 Å². The van der Waals surface area contributed by atoms with E-state index in [1.165, 1.54) is 4.90 Å². The second-order valence-corrected chi connectivity index (χ2v) is 8.62. The number of carbonyl (C=O) groups excluding carboxylic acids is 1. The van der Waals surface area contributed by atoms with E-state index in [0.29, 0.717) is 17.9 Å². The third-order valence-corrected chi connectivity index (χ3v) is 6.33. The summed E-state index contributed by atoms with van der Waals surface area (Å²) in [7, 11) is 1.76. The van der Waals surface area contributed by atoms with Crippen molar-refractivity contribution < 1.29 is 22.7 Å². The summed E-state index contributed by atoms with van der Waals surface area (Å²) in [5, 5.41) is 3.18. The van der Waals surface area contributed by atoms with E-state index in [2.05, 4.69) is 5.32 Å². The monoisotopic (exact) mass is 370 g/mol. The van der Waals surface area contributed by atoms with Crippen LogP contribution in [0.3, 0.4) is 0 Å². The molecule has 1 heterocycles. The molecule has 0 bridgehead atoms. The van der Waals surface area contributed by atoms with Crippen LogP contribution >= 0.6 is 0 Å². The highest BCUT2D eigenvalue weighted by molar-refractivity contribution is 7.91. The van der Waals surface area contributed by atoms with Crippen LogP contribution in [0.5, 0.6) is 11.5 Å². The summed E-state index contributed by atoms with van der Waals surface area (Å²) >= 11 is 0. The largest absolute Gasteiger partial charge is 0.493 e. The van der Waals surface area contributed by atoms with Gasteiger partial charge in [-0.3, -0.25) is 4.79 Å². The Kier molecular flexibility index (Phi) is 5.82. The van der Waals surface area contributed by atoms with Crippen molar-refractivity contribution in [2.45, 2.75) is 32.4 Å². The molecule has 1 aliphatic rings. The van der Waals surface area contributed by atoms with E-state index in [1.807, 2.05) is 13.0 Å². The number of amides is 1. The van der Waals surface area contributed by atoms with Crippen molar-refractivity contribution in [1.82, 2.24) is 4.90 Å². The zero-order chi connectivity index (χ0) is 18.8. The molecule has 1 aromatic carbocycles. The first-order chi connectivity index (χ1) is 11.7. The minimum absolute atomic E-state index is 0.0390. The fraction of sp³-hybridized carbons (Fsp3) is 0.588. The number of anilines is 1. The van der Waals surface area contributed by atoms with Crippen molar-refractivity contribution in [1.29, 1.82) is 0 Å². The zero-order valence-corrected chi connectivity index (χ0v) is 16.1. The normalized spacial score (nSPS) is 20.0. The molecule has 8 heteroatoms. The van der Waals surface area contributed by atoms with E-state index in [1.54, 1.807) is 34.3 Å². The van der Waals surface area contributed by atoms with E-state index < -0.39 is 15.9 Å². The molecule has 1 aromatic rings. The van der Waals surface area contributed by atoms with Crippen LogP contribution in [-0.4, -0.2) is 64.1 Å². The standard InChI is InChI=1S/C17H26N2O5S/c1-11-8-15(23-4)16(24-5)9-14(11)18-12(2)17(20)19(3)13-6-7-25(21,22)10-13/h8-9,12-13,18H,6-7,10H2,1-5H3/t12-,13-/m1/s1. The molecule has 1 fully saturated rings. The molecule has 0 unspecified atom stereocenters. The van der Waals surface area contributed by atoms with Gasteiger partial charge in [-0.25, -0.2) is 8.42 Å². The molecule has 140 valence electrons. The number of ether oxygens (including phenoxy) is 2. The zero-order valence-electron chi connectivity index (χ0n) is 15.3. The second-order valence-electron chi connectivity index (χ2n) is 6.39. The van der Waals surface area contributed by atoms with Crippen LogP contribution in [0.4, 0.5) is 5.69 Å². The highest BCUT2D eigenvalue weighted by atomic mass is 32.2. The van der Waals surface area contributed by atoms with Gasteiger partial charge in [-0.05, 0) is 31.9 Å². The van der Waals surface area contributed by atoms with Crippen LogP contribution in [0.1, 0.15) is 18.9 Å². The molecule has 7 nitrogen and oxygen atoms in total. The van der Waals surface area contributed by atoms with Crippen LogP contribution in [0.2, 0.25) is 0 Å². The van der Waals surface area contributed by atoms with E-state index in [9.17, 15) is 13.2 Å². The topological polar surface area (TPSA) is 84.9 Å². The van der Waals surface area contributed by atoms with Crippen LogP contribution < -0.4 is 14.8 Å². The molecule has 0 radical (unpaired) electrons. The molecule has 0 aliphatic carbocycles. The van der Waals surface area contributed by atoms with Gasteiger partial charge in [0.25, 0.3) is 0 Å². The third-order valence-electron chi connectivity index (χ3n) is 4.58. The van der Waals surface area contributed by atoms with Crippen LogP contribution in [0, 0.1) is 6.92 Å². The molecule has 1 amide bonds. The van der Waals surface area contributed by atoms with Crippen LogP contribution in [0.15, 0.2) is 12.1 Å². The Bertz CT molecular complexity index is 748. The number of rotatable bonds is 6. The maximum atomic E-state index is 12.6. The number of hydrogen-bond donors (Lipinski definition) is 1. The number of aryl methyl sites for hydroxylation is 1. The first-order valence-electron chi connectivity index (χ1n) is 8.14. The third kappa shape index (κ3) is 4.36. The number of likely N-dealkylation sites (N-methyl/N-ethyl adjacent to an activating group) is 1. The number of hydrogen-bond acceptors (Lipinski definition) is 6. The van der Waals surface area contributed by atoms with E-state index in [-0.39, 0.29) is 23.5 Å². The maximum absolute atomic E-state index is 12.6. The molecule has 1 aliphatic heterocycles. The SMILES string of the molecule is COc1cc(C)c(N[C@H](C)C(=O)N(C)[C@@H]2CCS(=O)(=O)C2)cc1OC. The fourth-order valence-electron chi connectivity index (χ4n) is 3.00. The number of methoxy groups -OCH3 is 2. The fourth-order valence-corrected chi connectivity index (χ4v) is 4.77. The summed E-state index contributed by atoms with van der Waals surface area (Å²) in [5.41, 5.74) is 1.69. The molecule has 1 saturated heterocycles. The Balaban J connectivity index is 2.11.